The lowest BCUT2D eigenvalue weighted by molar-refractivity contribution is 0.626. The molecule has 0 atom stereocenters. The predicted octanol–water partition coefficient (Wildman–Crippen LogP) is 4.49. The molecule has 3 aromatic rings. The van der Waals surface area contributed by atoms with Gasteiger partial charge in [0, 0.05) is 17.3 Å². The summed E-state index contributed by atoms with van der Waals surface area (Å²) in [4.78, 5) is 4.55. The number of aromatic nitrogens is 2. The van der Waals surface area contributed by atoms with Gasteiger partial charge in [-0.3, -0.25) is 0 Å². The van der Waals surface area contributed by atoms with E-state index in [0.717, 1.165) is 24.0 Å². The highest BCUT2D eigenvalue weighted by atomic mass is 35.5. The SMILES string of the molecule is CCCn1c(-c2ccc(N)cc2F)nc2cc(Cl)ccc21. The maximum absolute atomic E-state index is 14.2. The molecule has 0 fully saturated rings. The molecule has 0 aliphatic rings. The summed E-state index contributed by atoms with van der Waals surface area (Å²) in [6.45, 7) is 2.84. The Bertz CT molecular complexity index is 811. The van der Waals surface area contributed by atoms with Crippen LogP contribution in [-0.4, -0.2) is 9.55 Å². The molecule has 0 unspecified atom stereocenters. The molecule has 3 nitrogen and oxygen atoms in total. The van der Waals surface area contributed by atoms with Gasteiger partial charge in [-0.2, -0.15) is 0 Å². The minimum Gasteiger partial charge on any atom is -0.399 e. The number of nitrogen functional groups attached to an aromatic ring is 1. The fraction of sp³-hybridized carbons (Fsp3) is 0.188. The first kappa shape index (κ1) is 13.9. The molecule has 5 heteroatoms. The van der Waals surface area contributed by atoms with Crippen LogP contribution in [-0.2, 0) is 6.54 Å². The van der Waals surface area contributed by atoms with E-state index >= 15 is 0 Å². The molecule has 108 valence electrons. The number of imidazole rings is 1. The molecule has 0 saturated heterocycles. The molecule has 21 heavy (non-hydrogen) atoms. The molecular weight excluding hydrogens is 289 g/mol. The highest BCUT2D eigenvalue weighted by Gasteiger charge is 2.15. The molecule has 0 spiro atoms. The van der Waals surface area contributed by atoms with E-state index in [1.807, 2.05) is 16.7 Å². The first-order valence-corrected chi connectivity index (χ1v) is 7.19. The van der Waals surface area contributed by atoms with Crippen molar-refractivity contribution in [3.63, 3.8) is 0 Å². The normalized spacial score (nSPS) is 11.2. The summed E-state index contributed by atoms with van der Waals surface area (Å²) < 4.78 is 16.2. The van der Waals surface area contributed by atoms with E-state index in [9.17, 15) is 4.39 Å². The van der Waals surface area contributed by atoms with Crippen molar-refractivity contribution < 1.29 is 4.39 Å². The Kier molecular flexibility index (Phi) is 3.55. The Hall–Kier alpha value is -2.07. The zero-order chi connectivity index (χ0) is 15.0. The second-order valence-electron chi connectivity index (χ2n) is 4.96. The van der Waals surface area contributed by atoms with Crippen LogP contribution in [0.1, 0.15) is 13.3 Å². The third-order valence-electron chi connectivity index (χ3n) is 3.39. The van der Waals surface area contributed by atoms with Crippen LogP contribution >= 0.6 is 11.6 Å². The minimum atomic E-state index is -0.367. The summed E-state index contributed by atoms with van der Waals surface area (Å²) in [5.74, 6) is 0.236. The minimum absolute atomic E-state index is 0.367. The monoisotopic (exact) mass is 303 g/mol. The average molecular weight is 304 g/mol. The zero-order valence-electron chi connectivity index (χ0n) is 11.6. The van der Waals surface area contributed by atoms with Crippen LogP contribution in [0.3, 0.4) is 0 Å². The zero-order valence-corrected chi connectivity index (χ0v) is 12.4. The van der Waals surface area contributed by atoms with Crippen molar-refractivity contribution in [3.8, 4) is 11.4 Å². The predicted molar refractivity (Wildman–Crippen MR) is 84.8 cm³/mol. The van der Waals surface area contributed by atoms with Gasteiger partial charge in [-0.1, -0.05) is 18.5 Å². The molecule has 3 rings (SSSR count). The number of hydrogen-bond donors (Lipinski definition) is 1. The number of nitrogens with two attached hydrogens (primary N) is 1. The van der Waals surface area contributed by atoms with Gasteiger partial charge in [-0.15, -0.1) is 0 Å². The molecule has 0 aliphatic carbocycles. The van der Waals surface area contributed by atoms with Gasteiger partial charge in [0.15, 0.2) is 0 Å². The highest BCUT2D eigenvalue weighted by Crippen LogP contribution is 2.29. The molecular formula is C16H15ClFN3. The molecule has 0 radical (unpaired) electrons. The van der Waals surface area contributed by atoms with Gasteiger partial charge in [-0.05, 0) is 42.8 Å². The smallest absolute Gasteiger partial charge is 0.144 e. The quantitative estimate of drug-likeness (QED) is 0.725. The standard InChI is InChI=1S/C16H15ClFN3/c1-2-7-21-15-6-3-10(17)8-14(15)20-16(21)12-5-4-11(19)9-13(12)18/h3-6,8-9H,2,7,19H2,1H3. The lowest BCUT2D eigenvalue weighted by atomic mass is 10.2. The molecule has 0 saturated carbocycles. The summed E-state index contributed by atoms with van der Waals surface area (Å²) in [6.07, 6.45) is 0.928. The van der Waals surface area contributed by atoms with Crippen LogP contribution in [0.5, 0.6) is 0 Å². The fourth-order valence-electron chi connectivity index (χ4n) is 2.47. The number of hydrogen-bond acceptors (Lipinski definition) is 2. The van der Waals surface area contributed by atoms with Gasteiger partial charge >= 0.3 is 0 Å². The van der Waals surface area contributed by atoms with E-state index in [2.05, 4.69) is 11.9 Å². The van der Waals surface area contributed by atoms with Crippen LogP contribution in [0.2, 0.25) is 5.02 Å². The van der Waals surface area contributed by atoms with Crippen LogP contribution in [0.4, 0.5) is 10.1 Å². The van der Waals surface area contributed by atoms with Gasteiger partial charge in [0.1, 0.15) is 11.6 Å². The Morgan fingerprint density at radius 2 is 2.05 bits per heavy atom. The van der Waals surface area contributed by atoms with Crippen molar-refractivity contribution in [2.24, 2.45) is 0 Å². The van der Waals surface area contributed by atoms with E-state index in [-0.39, 0.29) is 5.82 Å². The summed E-state index contributed by atoms with van der Waals surface area (Å²) in [6, 6.07) is 10.2. The van der Waals surface area contributed by atoms with E-state index in [0.29, 0.717) is 22.1 Å². The number of anilines is 1. The number of aryl methyl sites for hydroxylation is 1. The fourth-order valence-corrected chi connectivity index (χ4v) is 2.64. The largest absolute Gasteiger partial charge is 0.399 e. The van der Waals surface area contributed by atoms with Crippen LogP contribution in [0.15, 0.2) is 36.4 Å². The second kappa shape index (κ2) is 5.37. The van der Waals surface area contributed by atoms with Gasteiger partial charge in [-0.25, -0.2) is 9.37 Å². The molecule has 0 aliphatic heterocycles. The number of rotatable bonds is 3. The van der Waals surface area contributed by atoms with Crippen molar-refractivity contribution in [2.75, 3.05) is 5.73 Å². The second-order valence-corrected chi connectivity index (χ2v) is 5.40. The van der Waals surface area contributed by atoms with Crippen molar-refractivity contribution in [3.05, 3.63) is 47.2 Å². The molecule has 0 amide bonds. The highest BCUT2D eigenvalue weighted by molar-refractivity contribution is 6.31. The molecule has 1 heterocycles. The van der Waals surface area contributed by atoms with Crippen molar-refractivity contribution in [2.45, 2.75) is 19.9 Å². The van der Waals surface area contributed by atoms with E-state index < -0.39 is 0 Å². The van der Waals surface area contributed by atoms with Crippen molar-refractivity contribution in [1.82, 2.24) is 9.55 Å². The Labute approximate surface area is 127 Å². The van der Waals surface area contributed by atoms with Crippen LogP contribution in [0, 0.1) is 5.82 Å². The van der Waals surface area contributed by atoms with Gasteiger partial charge in [0.25, 0.3) is 0 Å². The van der Waals surface area contributed by atoms with Crippen LogP contribution in [0.25, 0.3) is 22.4 Å². The third kappa shape index (κ3) is 2.47. The maximum Gasteiger partial charge on any atom is 0.144 e. The number of benzene rings is 2. The lowest BCUT2D eigenvalue weighted by Crippen LogP contribution is -2.01. The number of halogens is 2. The Morgan fingerprint density at radius 1 is 1.24 bits per heavy atom. The summed E-state index contributed by atoms with van der Waals surface area (Å²) in [7, 11) is 0. The molecule has 2 N–H and O–H groups in total. The maximum atomic E-state index is 14.2. The third-order valence-corrected chi connectivity index (χ3v) is 3.63. The van der Waals surface area contributed by atoms with E-state index in [1.165, 1.54) is 6.07 Å². The Balaban J connectivity index is 2.27. The first-order valence-electron chi connectivity index (χ1n) is 6.81. The number of fused-ring (bicyclic) bond motifs is 1. The first-order chi connectivity index (χ1) is 10.1. The van der Waals surface area contributed by atoms with Crippen molar-refractivity contribution in [1.29, 1.82) is 0 Å². The summed E-state index contributed by atoms with van der Waals surface area (Å²) in [5, 5.41) is 0.618. The summed E-state index contributed by atoms with van der Waals surface area (Å²) in [5.41, 5.74) is 8.18. The summed E-state index contributed by atoms with van der Waals surface area (Å²) >= 11 is 6.02. The lowest BCUT2D eigenvalue weighted by Gasteiger charge is -2.09. The number of nitrogens with zero attached hydrogens (tertiary/aromatic N) is 2. The van der Waals surface area contributed by atoms with Gasteiger partial charge < -0.3 is 10.3 Å². The Morgan fingerprint density at radius 3 is 2.76 bits per heavy atom. The van der Waals surface area contributed by atoms with E-state index in [1.54, 1.807) is 18.2 Å². The van der Waals surface area contributed by atoms with Gasteiger partial charge in [0.05, 0.1) is 16.6 Å². The van der Waals surface area contributed by atoms with Crippen molar-refractivity contribution >= 4 is 28.3 Å². The topological polar surface area (TPSA) is 43.8 Å². The van der Waals surface area contributed by atoms with E-state index in [4.69, 9.17) is 17.3 Å². The molecule has 0 bridgehead atoms. The average Bonchev–Trinajstić information content (AvgIpc) is 2.77. The molecule has 2 aromatic carbocycles. The van der Waals surface area contributed by atoms with Gasteiger partial charge in [0.2, 0.25) is 0 Å². The van der Waals surface area contributed by atoms with Crippen LogP contribution < -0.4 is 5.73 Å². The molecule has 1 aromatic heterocycles.